The van der Waals surface area contributed by atoms with Gasteiger partial charge in [-0.15, -0.1) is 52.8 Å². The van der Waals surface area contributed by atoms with Crippen molar-refractivity contribution in [2.24, 2.45) is 0 Å². The average molecular weight is 839 g/mol. The van der Waals surface area contributed by atoms with Crippen molar-refractivity contribution in [3.05, 3.63) is 139 Å². The number of aryl methyl sites for hydroxylation is 4. The smallest absolute Gasteiger partial charge is 0.657 e. The average Bonchev–Trinajstić information content (AvgIpc) is 3.65. The number of fused-ring (bicyclic) bond motifs is 4. The molecule has 0 atom stereocenters. The van der Waals surface area contributed by atoms with Crippen molar-refractivity contribution in [1.29, 1.82) is 0 Å². The standard InChI is InChI=1S/C28H29N8.C12H8N.Pt/c1-18-11-19(2)25(20(3)12-18)22-13-23(33-16-34(5)26-21(4)29-7-8-30-26)15-24(14-22)36-17-35(6)27-28(36)32-10-9-31-27;1-3-7-11-9(5-1)10-6-2-4-8-12(10)13-11;/h7-14,16-17,33H,1-6H3;1-8H;/q-3;-1;+4. The summed E-state index contributed by atoms with van der Waals surface area (Å²) < 4.78 is 0. The predicted molar refractivity (Wildman–Crippen MR) is 200 cm³/mol. The third-order valence-corrected chi connectivity index (χ3v) is 8.53. The van der Waals surface area contributed by atoms with Crippen molar-refractivity contribution in [2.45, 2.75) is 27.7 Å². The summed E-state index contributed by atoms with van der Waals surface area (Å²) >= 11 is 0. The van der Waals surface area contributed by atoms with Crippen LogP contribution in [0.2, 0.25) is 0 Å². The molecule has 0 spiro atoms. The van der Waals surface area contributed by atoms with Crippen molar-refractivity contribution in [2.75, 3.05) is 34.1 Å². The molecule has 4 aromatic carbocycles. The quantitative estimate of drug-likeness (QED) is 0.166. The van der Waals surface area contributed by atoms with E-state index < -0.39 is 0 Å². The van der Waals surface area contributed by atoms with Crippen molar-refractivity contribution in [3.63, 3.8) is 0 Å². The molecule has 8 rings (SSSR count). The Morgan fingerprint density at radius 3 is 2.04 bits per heavy atom. The summed E-state index contributed by atoms with van der Waals surface area (Å²) in [6, 6.07) is 28.7. The van der Waals surface area contributed by atoms with Gasteiger partial charge in [0, 0.05) is 24.8 Å². The van der Waals surface area contributed by atoms with E-state index in [4.69, 9.17) is 0 Å². The van der Waals surface area contributed by atoms with Gasteiger partial charge >= 0.3 is 21.1 Å². The first-order chi connectivity index (χ1) is 23.8. The second-order valence-corrected chi connectivity index (χ2v) is 12.2. The Hall–Kier alpha value is -5.27. The number of hydrogen-bond donors (Lipinski definition) is 1. The Bertz CT molecular complexity index is 2210. The van der Waals surface area contributed by atoms with E-state index in [1.54, 1.807) is 24.8 Å². The molecule has 0 bridgehead atoms. The van der Waals surface area contributed by atoms with Gasteiger partial charge in [0.05, 0.1) is 5.69 Å². The van der Waals surface area contributed by atoms with E-state index in [-0.39, 0.29) is 21.1 Å². The Labute approximate surface area is 307 Å². The summed E-state index contributed by atoms with van der Waals surface area (Å²) in [5.74, 6) is 2.36. The Kier molecular flexibility index (Phi) is 10.2. The fraction of sp³-hybridized carbons (Fsp3) is 0.150. The molecule has 1 N–H and O–H groups in total. The van der Waals surface area contributed by atoms with Crippen LogP contribution >= 0.6 is 0 Å². The molecule has 0 radical (unpaired) electrons. The van der Waals surface area contributed by atoms with E-state index in [0.29, 0.717) is 0 Å². The molecule has 252 valence electrons. The van der Waals surface area contributed by atoms with Crippen LogP contribution in [0.5, 0.6) is 0 Å². The van der Waals surface area contributed by atoms with Gasteiger partial charge in [-0.2, -0.15) is 6.67 Å². The van der Waals surface area contributed by atoms with Crippen molar-refractivity contribution in [3.8, 4) is 11.1 Å². The number of anilines is 5. The van der Waals surface area contributed by atoms with Gasteiger partial charge in [0.1, 0.15) is 17.5 Å². The van der Waals surface area contributed by atoms with Crippen LogP contribution in [0.15, 0.2) is 97.6 Å². The molecule has 0 amide bonds. The molecule has 0 aliphatic carbocycles. The van der Waals surface area contributed by atoms with Gasteiger partial charge in [0.25, 0.3) is 0 Å². The molecule has 0 fully saturated rings. The predicted octanol–water partition coefficient (Wildman–Crippen LogP) is 8.29. The molecular weight excluding hydrogens is 802 g/mol. The summed E-state index contributed by atoms with van der Waals surface area (Å²) in [6.07, 6.45) is 6.80. The third kappa shape index (κ3) is 6.91. The van der Waals surface area contributed by atoms with Gasteiger partial charge in [-0.1, -0.05) is 66.2 Å². The molecule has 1 aliphatic heterocycles. The minimum absolute atomic E-state index is 0. The number of para-hydroxylation sites is 2. The fourth-order valence-electron chi connectivity index (χ4n) is 6.44. The van der Waals surface area contributed by atoms with Gasteiger partial charge in [-0.3, -0.25) is 4.98 Å². The van der Waals surface area contributed by atoms with Gasteiger partial charge in [-0.25, -0.2) is 15.0 Å². The van der Waals surface area contributed by atoms with E-state index >= 15 is 0 Å². The first kappa shape index (κ1) is 34.6. The van der Waals surface area contributed by atoms with Crippen LogP contribution < -0.4 is 25.0 Å². The molecule has 0 unspecified atom stereocenters. The minimum Gasteiger partial charge on any atom is -0.657 e. The number of aromatic nitrogens is 5. The van der Waals surface area contributed by atoms with E-state index in [0.717, 1.165) is 51.1 Å². The normalized spacial score (nSPS) is 12.0. The van der Waals surface area contributed by atoms with Crippen LogP contribution in [0.4, 0.5) is 28.8 Å². The minimum atomic E-state index is 0. The molecule has 7 aromatic rings. The van der Waals surface area contributed by atoms with Crippen LogP contribution in [0.3, 0.4) is 0 Å². The van der Waals surface area contributed by atoms with Gasteiger partial charge in [0.15, 0.2) is 0 Å². The zero-order chi connectivity index (χ0) is 34.1. The third-order valence-electron chi connectivity index (χ3n) is 8.53. The second-order valence-electron chi connectivity index (χ2n) is 12.2. The maximum atomic E-state index is 4.59. The van der Waals surface area contributed by atoms with E-state index in [1.165, 1.54) is 33.0 Å². The molecular formula is C40H37N9Pt. The SMILES string of the molecule is Cc1cc(C)c(-c2cc(N[CH-]N(C)c3nccnc3C)[c-]c(N3[CH-]N(C)c4nccnc43)c2)c(C)c1.[Pt+4].c1ccc2c(c1)[n-]c1ccccc12. The Morgan fingerprint density at radius 1 is 0.780 bits per heavy atom. The van der Waals surface area contributed by atoms with Crippen molar-refractivity contribution >= 4 is 50.6 Å². The number of nitrogens with zero attached hydrogens (tertiary/aromatic N) is 8. The molecule has 4 heterocycles. The molecule has 9 nitrogen and oxygen atoms in total. The largest absolute Gasteiger partial charge is 4.00 e. The number of hydrogen-bond acceptors (Lipinski definition) is 8. The van der Waals surface area contributed by atoms with Crippen LogP contribution in [0.1, 0.15) is 22.4 Å². The van der Waals surface area contributed by atoms with E-state index in [2.05, 4.69) is 118 Å². The first-order valence-electron chi connectivity index (χ1n) is 16.1. The molecule has 3 aromatic heterocycles. The molecule has 50 heavy (non-hydrogen) atoms. The van der Waals surface area contributed by atoms with E-state index in [9.17, 15) is 0 Å². The number of nitrogens with one attached hydrogen (secondary N) is 1. The van der Waals surface area contributed by atoms with Gasteiger partial charge in [0.2, 0.25) is 0 Å². The van der Waals surface area contributed by atoms with Crippen LogP contribution in [-0.4, -0.2) is 34.0 Å². The molecule has 10 heteroatoms. The maximum Gasteiger partial charge on any atom is 4.00 e. The van der Waals surface area contributed by atoms with E-state index in [1.807, 2.05) is 61.2 Å². The molecule has 1 aliphatic rings. The zero-order valence-corrected chi connectivity index (χ0v) is 31.1. The maximum absolute atomic E-state index is 4.59. The van der Waals surface area contributed by atoms with Crippen LogP contribution in [0.25, 0.3) is 32.9 Å². The molecule has 0 saturated carbocycles. The van der Waals surface area contributed by atoms with Crippen LogP contribution in [-0.2, 0) is 21.1 Å². The van der Waals surface area contributed by atoms with Crippen LogP contribution in [0, 0.1) is 47.1 Å². The summed E-state index contributed by atoms with van der Waals surface area (Å²) in [7, 11) is 3.91. The number of rotatable bonds is 6. The van der Waals surface area contributed by atoms with Crippen molar-refractivity contribution in [1.82, 2.24) is 24.9 Å². The Balaban J connectivity index is 0.000000256. The summed E-state index contributed by atoms with van der Waals surface area (Å²) in [6.45, 7) is 12.2. The second kappa shape index (κ2) is 14.7. The van der Waals surface area contributed by atoms with Crippen molar-refractivity contribution < 1.29 is 21.1 Å². The zero-order valence-electron chi connectivity index (χ0n) is 28.8. The summed E-state index contributed by atoms with van der Waals surface area (Å²) in [5.41, 5.74) is 10.7. The number of benzene rings is 4. The fourth-order valence-corrected chi connectivity index (χ4v) is 6.44. The van der Waals surface area contributed by atoms with Gasteiger partial charge in [-0.05, 0) is 69.3 Å². The molecule has 0 saturated heterocycles. The van der Waals surface area contributed by atoms with Gasteiger partial charge < -0.3 is 25.0 Å². The monoisotopic (exact) mass is 838 g/mol. The summed E-state index contributed by atoms with van der Waals surface area (Å²) in [5, 5.41) is 5.91. The Morgan fingerprint density at radius 2 is 1.38 bits per heavy atom. The topological polar surface area (TPSA) is 87.4 Å². The first-order valence-corrected chi connectivity index (χ1v) is 16.1. The summed E-state index contributed by atoms with van der Waals surface area (Å²) in [4.78, 5) is 28.3.